The number of hydrogen-bond acceptors (Lipinski definition) is 1. The lowest BCUT2D eigenvalue weighted by Crippen LogP contribution is -2.17. The van der Waals surface area contributed by atoms with Crippen LogP contribution < -0.4 is 0 Å². The molecule has 0 aromatic rings. The summed E-state index contributed by atoms with van der Waals surface area (Å²) in [6.07, 6.45) is 13.5. The van der Waals surface area contributed by atoms with E-state index in [1.807, 2.05) is 0 Å². The van der Waals surface area contributed by atoms with Gasteiger partial charge < -0.3 is 4.74 Å². The Morgan fingerprint density at radius 1 is 1.50 bits per heavy atom. The molecule has 0 aromatic carbocycles. The average Bonchev–Trinajstić information content (AvgIpc) is 2.17. The molecule has 1 nitrogen and oxygen atoms in total. The van der Waals surface area contributed by atoms with Crippen molar-refractivity contribution in [3.05, 3.63) is 36.0 Å². The third-order valence-corrected chi connectivity index (χ3v) is 2.81. The van der Waals surface area contributed by atoms with Gasteiger partial charge in [0.2, 0.25) is 0 Å². The predicted molar refractivity (Wildman–Crippen MR) is 70.4 cm³/mol. The van der Waals surface area contributed by atoms with E-state index in [1.54, 1.807) is 7.11 Å². The number of hydrogen-bond donors (Lipinski definition) is 0. The summed E-state index contributed by atoms with van der Waals surface area (Å²) in [7, 11) is 1.76. The number of ether oxygens (including phenoxy) is 1. The van der Waals surface area contributed by atoms with Crippen LogP contribution in [0.4, 0.5) is 0 Å². The average molecular weight is 220 g/mol. The smallest absolute Gasteiger partial charge is 0.0516 e. The highest BCUT2D eigenvalue weighted by Crippen LogP contribution is 2.22. The van der Waals surface area contributed by atoms with Crippen molar-refractivity contribution in [1.82, 2.24) is 0 Å². The molecule has 16 heavy (non-hydrogen) atoms. The number of methoxy groups -OCH3 is 1. The standard InChI is InChI=1S/C15H24O/c1-13-7-5-8-14(11-13)9-6-10-15(2,3)12-16-4/h5-6,8-9,11,13H,7,10,12H2,1-4H3/b9-6+. The van der Waals surface area contributed by atoms with Gasteiger partial charge in [-0.1, -0.05) is 51.2 Å². The fraction of sp³-hybridized carbons (Fsp3) is 0.600. The molecule has 0 radical (unpaired) electrons. The third-order valence-electron chi connectivity index (χ3n) is 2.81. The van der Waals surface area contributed by atoms with Crippen molar-refractivity contribution in [3.63, 3.8) is 0 Å². The van der Waals surface area contributed by atoms with Crippen molar-refractivity contribution in [3.8, 4) is 0 Å². The predicted octanol–water partition coefficient (Wildman–Crippen LogP) is 4.13. The van der Waals surface area contributed by atoms with Crippen LogP contribution in [0.1, 0.15) is 33.6 Å². The second-order valence-corrected chi connectivity index (χ2v) is 5.49. The van der Waals surface area contributed by atoms with Crippen molar-refractivity contribution in [1.29, 1.82) is 0 Å². The maximum atomic E-state index is 5.20. The Hall–Kier alpha value is -0.820. The van der Waals surface area contributed by atoms with E-state index in [0.29, 0.717) is 5.92 Å². The van der Waals surface area contributed by atoms with Crippen LogP contribution >= 0.6 is 0 Å². The third kappa shape index (κ3) is 4.80. The van der Waals surface area contributed by atoms with E-state index in [1.165, 1.54) is 12.0 Å². The SMILES string of the molecule is COCC(C)(C)C/C=C/C1=CC(C)CC=C1. The largest absolute Gasteiger partial charge is 0.384 e. The van der Waals surface area contributed by atoms with Gasteiger partial charge in [-0.3, -0.25) is 0 Å². The molecule has 1 rings (SSSR count). The molecule has 0 fully saturated rings. The number of rotatable bonds is 5. The van der Waals surface area contributed by atoms with E-state index in [2.05, 4.69) is 51.2 Å². The van der Waals surface area contributed by atoms with Gasteiger partial charge in [0.05, 0.1) is 6.61 Å². The Morgan fingerprint density at radius 2 is 2.25 bits per heavy atom. The first-order chi connectivity index (χ1) is 7.53. The zero-order chi connectivity index (χ0) is 12.0. The summed E-state index contributed by atoms with van der Waals surface area (Å²) >= 11 is 0. The molecule has 1 atom stereocenters. The molecule has 1 heteroatoms. The van der Waals surface area contributed by atoms with Gasteiger partial charge in [-0.05, 0) is 29.7 Å². The molecule has 0 bridgehead atoms. The quantitative estimate of drug-likeness (QED) is 0.677. The van der Waals surface area contributed by atoms with Gasteiger partial charge in [-0.2, -0.15) is 0 Å². The zero-order valence-corrected chi connectivity index (χ0v) is 11.0. The molecule has 0 saturated carbocycles. The van der Waals surface area contributed by atoms with Gasteiger partial charge in [-0.15, -0.1) is 0 Å². The van der Waals surface area contributed by atoms with Crippen molar-refractivity contribution in [2.45, 2.75) is 33.6 Å². The first-order valence-corrected chi connectivity index (χ1v) is 6.07. The van der Waals surface area contributed by atoms with E-state index in [0.717, 1.165) is 13.0 Å². The van der Waals surface area contributed by atoms with Gasteiger partial charge >= 0.3 is 0 Å². The highest BCUT2D eigenvalue weighted by atomic mass is 16.5. The highest BCUT2D eigenvalue weighted by molar-refractivity contribution is 5.33. The minimum Gasteiger partial charge on any atom is -0.384 e. The number of allylic oxidation sites excluding steroid dienone is 6. The van der Waals surface area contributed by atoms with Gasteiger partial charge in [0.1, 0.15) is 0 Å². The fourth-order valence-electron chi connectivity index (χ4n) is 1.95. The molecule has 1 aliphatic rings. The zero-order valence-electron chi connectivity index (χ0n) is 11.0. The van der Waals surface area contributed by atoms with Crippen LogP contribution in [0.15, 0.2) is 36.0 Å². The van der Waals surface area contributed by atoms with Crippen molar-refractivity contribution in [2.24, 2.45) is 11.3 Å². The Labute approximate surface area is 99.9 Å². The maximum Gasteiger partial charge on any atom is 0.0516 e. The summed E-state index contributed by atoms with van der Waals surface area (Å²) in [5.74, 6) is 0.677. The highest BCUT2D eigenvalue weighted by Gasteiger charge is 2.15. The first-order valence-electron chi connectivity index (χ1n) is 6.07. The molecule has 0 saturated heterocycles. The molecule has 0 N–H and O–H groups in total. The lowest BCUT2D eigenvalue weighted by Gasteiger charge is -2.21. The summed E-state index contributed by atoms with van der Waals surface area (Å²) in [6, 6.07) is 0. The van der Waals surface area contributed by atoms with Crippen LogP contribution in [0.3, 0.4) is 0 Å². The van der Waals surface area contributed by atoms with Crippen LogP contribution in [-0.2, 0) is 4.74 Å². The Kier molecular flexibility index (Phi) is 5.01. The van der Waals surface area contributed by atoms with Gasteiger partial charge in [-0.25, -0.2) is 0 Å². The molecule has 1 unspecified atom stereocenters. The molecule has 0 aromatic heterocycles. The van der Waals surface area contributed by atoms with Crippen molar-refractivity contribution >= 4 is 0 Å². The molecule has 0 heterocycles. The second-order valence-electron chi connectivity index (χ2n) is 5.49. The summed E-state index contributed by atoms with van der Waals surface area (Å²) in [6.45, 7) is 7.53. The summed E-state index contributed by atoms with van der Waals surface area (Å²) < 4.78 is 5.20. The van der Waals surface area contributed by atoms with Crippen LogP contribution in [-0.4, -0.2) is 13.7 Å². The lowest BCUT2D eigenvalue weighted by atomic mass is 9.89. The maximum absolute atomic E-state index is 5.20. The van der Waals surface area contributed by atoms with E-state index in [4.69, 9.17) is 4.74 Å². The van der Waals surface area contributed by atoms with E-state index >= 15 is 0 Å². The van der Waals surface area contributed by atoms with Gasteiger partial charge in [0.25, 0.3) is 0 Å². The van der Waals surface area contributed by atoms with Crippen LogP contribution in [0, 0.1) is 11.3 Å². The Morgan fingerprint density at radius 3 is 2.88 bits per heavy atom. The summed E-state index contributed by atoms with van der Waals surface area (Å²) in [4.78, 5) is 0. The van der Waals surface area contributed by atoms with Crippen molar-refractivity contribution in [2.75, 3.05) is 13.7 Å². The second kappa shape index (κ2) is 6.05. The lowest BCUT2D eigenvalue weighted by molar-refractivity contribution is 0.106. The molecule has 0 amide bonds. The monoisotopic (exact) mass is 220 g/mol. The Balaban J connectivity index is 2.45. The fourth-order valence-corrected chi connectivity index (χ4v) is 1.95. The minimum atomic E-state index is 0.232. The van der Waals surface area contributed by atoms with Crippen molar-refractivity contribution < 1.29 is 4.74 Å². The van der Waals surface area contributed by atoms with E-state index < -0.39 is 0 Å². The Bertz CT molecular complexity index is 295. The van der Waals surface area contributed by atoms with Gasteiger partial charge in [0.15, 0.2) is 0 Å². The van der Waals surface area contributed by atoms with Crippen LogP contribution in [0.5, 0.6) is 0 Å². The minimum absolute atomic E-state index is 0.232. The molecule has 0 aliphatic heterocycles. The molecule has 90 valence electrons. The van der Waals surface area contributed by atoms with Crippen LogP contribution in [0.2, 0.25) is 0 Å². The molecular formula is C15H24O. The first kappa shape index (κ1) is 13.2. The van der Waals surface area contributed by atoms with Gasteiger partial charge in [0, 0.05) is 7.11 Å². The van der Waals surface area contributed by atoms with E-state index in [9.17, 15) is 0 Å². The molecule has 1 aliphatic carbocycles. The molecular weight excluding hydrogens is 196 g/mol. The summed E-state index contributed by atoms with van der Waals surface area (Å²) in [5, 5.41) is 0. The van der Waals surface area contributed by atoms with Crippen LogP contribution in [0.25, 0.3) is 0 Å². The topological polar surface area (TPSA) is 9.23 Å². The van der Waals surface area contributed by atoms with E-state index in [-0.39, 0.29) is 5.41 Å². The summed E-state index contributed by atoms with van der Waals surface area (Å²) in [5.41, 5.74) is 1.57. The normalized spacial score (nSPS) is 21.5. The molecule has 0 spiro atoms.